The SMILES string of the molecule is COC(=O)N[C@H](C(=O)N1CC2(CC2)C[C@H]1C(=O)OC)C(C)C. The first kappa shape index (κ1) is 16.6. The monoisotopic (exact) mass is 312 g/mol. The Balaban J connectivity index is 2.16. The van der Waals surface area contributed by atoms with E-state index in [-0.39, 0.29) is 17.2 Å². The van der Waals surface area contributed by atoms with Gasteiger partial charge < -0.3 is 19.7 Å². The predicted octanol–water partition coefficient (Wildman–Crippen LogP) is 0.921. The number of carbonyl (C=O) groups excluding carboxylic acids is 3. The minimum absolute atomic E-state index is 0.0707. The van der Waals surface area contributed by atoms with E-state index in [9.17, 15) is 14.4 Å². The maximum atomic E-state index is 12.8. The fraction of sp³-hybridized carbons (Fsp3) is 0.800. The first-order valence-electron chi connectivity index (χ1n) is 7.56. The number of carbonyl (C=O) groups is 3. The fourth-order valence-corrected chi connectivity index (χ4v) is 3.05. The molecule has 0 unspecified atom stereocenters. The molecule has 1 spiro atoms. The van der Waals surface area contributed by atoms with Crippen LogP contribution in [0, 0.1) is 11.3 Å². The lowest BCUT2D eigenvalue weighted by Gasteiger charge is -2.29. The van der Waals surface area contributed by atoms with Crippen LogP contribution in [0.1, 0.15) is 33.1 Å². The average Bonchev–Trinajstić information content (AvgIpc) is 3.13. The molecule has 1 saturated carbocycles. The molecular weight excluding hydrogens is 288 g/mol. The van der Waals surface area contributed by atoms with E-state index >= 15 is 0 Å². The van der Waals surface area contributed by atoms with Gasteiger partial charge in [-0.15, -0.1) is 0 Å². The van der Waals surface area contributed by atoms with Gasteiger partial charge in [-0.25, -0.2) is 9.59 Å². The number of likely N-dealkylation sites (tertiary alicyclic amines) is 1. The Kier molecular flexibility index (Phi) is 4.63. The Hall–Kier alpha value is -1.79. The molecular formula is C15H24N2O5. The first-order valence-corrected chi connectivity index (χ1v) is 7.56. The summed E-state index contributed by atoms with van der Waals surface area (Å²) in [4.78, 5) is 37.9. The Morgan fingerprint density at radius 3 is 2.27 bits per heavy atom. The number of esters is 1. The van der Waals surface area contributed by atoms with Crippen molar-refractivity contribution < 1.29 is 23.9 Å². The van der Waals surface area contributed by atoms with Crippen molar-refractivity contribution >= 4 is 18.0 Å². The van der Waals surface area contributed by atoms with Gasteiger partial charge in [0.15, 0.2) is 0 Å². The maximum absolute atomic E-state index is 12.8. The van der Waals surface area contributed by atoms with Gasteiger partial charge in [0.25, 0.3) is 0 Å². The molecule has 0 aromatic carbocycles. The standard InChI is InChI=1S/C15H24N2O5/c1-9(2)11(16-14(20)22-4)12(18)17-8-15(5-6-15)7-10(17)13(19)21-3/h9-11H,5-8H2,1-4H3,(H,16,20)/t10-,11-/m0/s1. The summed E-state index contributed by atoms with van der Waals surface area (Å²) in [7, 11) is 2.58. The molecule has 2 fully saturated rings. The molecule has 0 aromatic rings. The van der Waals surface area contributed by atoms with E-state index in [1.165, 1.54) is 14.2 Å². The zero-order valence-corrected chi connectivity index (χ0v) is 13.5. The van der Waals surface area contributed by atoms with E-state index in [4.69, 9.17) is 4.74 Å². The largest absolute Gasteiger partial charge is 0.467 e. The van der Waals surface area contributed by atoms with Crippen molar-refractivity contribution in [1.29, 1.82) is 0 Å². The smallest absolute Gasteiger partial charge is 0.407 e. The molecule has 0 aromatic heterocycles. The highest BCUT2D eigenvalue weighted by atomic mass is 16.5. The Morgan fingerprint density at radius 2 is 1.82 bits per heavy atom. The summed E-state index contributed by atoms with van der Waals surface area (Å²) in [5.41, 5.74) is 0.0707. The van der Waals surface area contributed by atoms with Crippen LogP contribution in [0.5, 0.6) is 0 Å². The fourth-order valence-electron chi connectivity index (χ4n) is 3.05. The molecule has 1 aliphatic heterocycles. The van der Waals surface area contributed by atoms with Crippen molar-refractivity contribution in [3.63, 3.8) is 0 Å². The quantitative estimate of drug-likeness (QED) is 0.780. The molecule has 2 aliphatic rings. The topological polar surface area (TPSA) is 84.9 Å². The molecule has 22 heavy (non-hydrogen) atoms. The number of ether oxygens (including phenoxy) is 2. The number of alkyl carbamates (subject to hydrolysis) is 1. The molecule has 0 radical (unpaired) electrons. The van der Waals surface area contributed by atoms with Gasteiger partial charge >= 0.3 is 12.1 Å². The number of methoxy groups -OCH3 is 2. The Morgan fingerprint density at radius 1 is 1.18 bits per heavy atom. The summed E-state index contributed by atoms with van der Waals surface area (Å²) in [5, 5.41) is 2.56. The number of rotatable bonds is 4. The van der Waals surface area contributed by atoms with E-state index in [2.05, 4.69) is 10.1 Å². The number of hydrogen-bond donors (Lipinski definition) is 1. The number of nitrogens with one attached hydrogen (secondary N) is 1. The highest BCUT2D eigenvalue weighted by molar-refractivity contribution is 5.90. The molecule has 1 aliphatic carbocycles. The minimum Gasteiger partial charge on any atom is -0.467 e. The summed E-state index contributed by atoms with van der Waals surface area (Å²) >= 11 is 0. The van der Waals surface area contributed by atoms with Crippen LogP contribution in [-0.4, -0.2) is 55.7 Å². The van der Waals surface area contributed by atoms with Gasteiger partial charge in [-0.05, 0) is 30.6 Å². The minimum atomic E-state index is -0.714. The van der Waals surface area contributed by atoms with Crippen molar-refractivity contribution in [2.24, 2.45) is 11.3 Å². The molecule has 1 heterocycles. The van der Waals surface area contributed by atoms with Gasteiger partial charge in [0.05, 0.1) is 14.2 Å². The highest BCUT2D eigenvalue weighted by Crippen LogP contribution is 2.55. The van der Waals surface area contributed by atoms with E-state index in [0.717, 1.165) is 12.8 Å². The lowest BCUT2D eigenvalue weighted by molar-refractivity contribution is -0.151. The van der Waals surface area contributed by atoms with Crippen molar-refractivity contribution in [1.82, 2.24) is 10.2 Å². The Bertz CT molecular complexity index is 473. The number of amides is 2. The molecule has 1 N–H and O–H groups in total. The third-order valence-corrected chi connectivity index (χ3v) is 4.61. The second-order valence-corrected chi connectivity index (χ2v) is 6.57. The summed E-state index contributed by atoms with van der Waals surface area (Å²) in [5.74, 6) is -0.752. The van der Waals surface area contributed by atoms with Crippen molar-refractivity contribution in [3.05, 3.63) is 0 Å². The third kappa shape index (κ3) is 3.18. The molecule has 2 amide bonds. The predicted molar refractivity (Wildman–Crippen MR) is 78.0 cm³/mol. The summed E-state index contributed by atoms with van der Waals surface area (Å²) in [6, 6.07) is -1.27. The van der Waals surface area contributed by atoms with E-state index in [0.29, 0.717) is 13.0 Å². The summed E-state index contributed by atoms with van der Waals surface area (Å²) in [6.45, 7) is 4.24. The molecule has 7 nitrogen and oxygen atoms in total. The van der Waals surface area contributed by atoms with Crippen molar-refractivity contribution in [3.8, 4) is 0 Å². The summed E-state index contributed by atoms with van der Waals surface area (Å²) < 4.78 is 9.41. The van der Waals surface area contributed by atoms with Gasteiger partial charge in [0.1, 0.15) is 12.1 Å². The van der Waals surface area contributed by atoms with Crippen LogP contribution >= 0.6 is 0 Å². The van der Waals surface area contributed by atoms with Crippen LogP contribution in [0.15, 0.2) is 0 Å². The lowest BCUT2D eigenvalue weighted by atomic mass is 10.0. The second-order valence-electron chi connectivity index (χ2n) is 6.57. The third-order valence-electron chi connectivity index (χ3n) is 4.61. The average molecular weight is 312 g/mol. The van der Waals surface area contributed by atoms with Crippen LogP contribution in [-0.2, 0) is 19.1 Å². The summed E-state index contributed by atoms with van der Waals surface area (Å²) in [6.07, 6.45) is 2.05. The van der Waals surface area contributed by atoms with Crippen LogP contribution in [0.25, 0.3) is 0 Å². The van der Waals surface area contributed by atoms with Gasteiger partial charge in [-0.2, -0.15) is 0 Å². The molecule has 2 rings (SSSR count). The van der Waals surface area contributed by atoms with Crippen LogP contribution in [0.3, 0.4) is 0 Å². The van der Waals surface area contributed by atoms with Gasteiger partial charge in [-0.1, -0.05) is 13.8 Å². The van der Waals surface area contributed by atoms with Crippen LogP contribution < -0.4 is 5.32 Å². The molecule has 7 heteroatoms. The Labute approximate surface area is 130 Å². The van der Waals surface area contributed by atoms with Crippen molar-refractivity contribution in [2.45, 2.75) is 45.2 Å². The van der Waals surface area contributed by atoms with Gasteiger partial charge in [0, 0.05) is 6.54 Å². The molecule has 0 bridgehead atoms. The number of hydrogen-bond acceptors (Lipinski definition) is 5. The van der Waals surface area contributed by atoms with E-state index in [1.54, 1.807) is 4.90 Å². The van der Waals surface area contributed by atoms with E-state index in [1.807, 2.05) is 13.8 Å². The van der Waals surface area contributed by atoms with E-state index < -0.39 is 24.1 Å². The zero-order valence-electron chi connectivity index (χ0n) is 13.5. The van der Waals surface area contributed by atoms with Gasteiger partial charge in [0.2, 0.25) is 5.91 Å². The normalized spacial score (nSPS) is 23.3. The van der Waals surface area contributed by atoms with Crippen molar-refractivity contribution in [2.75, 3.05) is 20.8 Å². The molecule has 2 atom stereocenters. The molecule has 1 saturated heterocycles. The van der Waals surface area contributed by atoms with Crippen LogP contribution in [0.2, 0.25) is 0 Å². The maximum Gasteiger partial charge on any atom is 0.407 e. The first-order chi connectivity index (χ1) is 10.3. The highest BCUT2D eigenvalue weighted by Gasteiger charge is 2.56. The second kappa shape index (κ2) is 6.14. The van der Waals surface area contributed by atoms with Gasteiger partial charge in [-0.3, -0.25) is 4.79 Å². The zero-order chi connectivity index (χ0) is 16.5. The lowest BCUT2D eigenvalue weighted by Crippen LogP contribution is -2.54. The molecule has 124 valence electrons. The van der Waals surface area contributed by atoms with Crippen LogP contribution in [0.4, 0.5) is 4.79 Å². The number of nitrogens with zero attached hydrogens (tertiary/aromatic N) is 1.